The fourth-order valence-corrected chi connectivity index (χ4v) is 3.50. The molecular formula is C16H13N3O4S. The number of aromatic nitrogens is 1. The molecule has 122 valence electrons. The van der Waals surface area contributed by atoms with Crippen LogP contribution in [0.5, 0.6) is 0 Å². The van der Waals surface area contributed by atoms with Crippen molar-refractivity contribution in [3.63, 3.8) is 0 Å². The molecule has 0 radical (unpaired) electrons. The number of aryl methyl sites for hydroxylation is 1. The van der Waals surface area contributed by atoms with Crippen LogP contribution in [0.4, 0.5) is 0 Å². The van der Waals surface area contributed by atoms with Gasteiger partial charge in [-0.3, -0.25) is 4.57 Å². The lowest BCUT2D eigenvalue weighted by atomic mass is 10.2. The van der Waals surface area contributed by atoms with Crippen LogP contribution in [0.25, 0.3) is 11.1 Å². The Kier molecular flexibility index (Phi) is 3.97. The number of benzene rings is 2. The maximum Gasteiger partial charge on any atom is 0.419 e. The van der Waals surface area contributed by atoms with Gasteiger partial charge in [-0.1, -0.05) is 18.2 Å². The van der Waals surface area contributed by atoms with E-state index in [-0.39, 0.29) is 17.0 Å². The molecule has 0 atom stereocenters. The monoisotopic (exact) mass is 343 g/mol. The minimum atomic E-state index is -3.82. The Bertz CT molecular complexity index is 1120. The van der Waals surface area contributed by atoms with Crippen LogP contribution in [0.3, 0.4) is 0 Å². The Labute approximate surface area is 137 Å². The first-order chi connectivity index (χ1) is 11.4. The van der Waals surface area contributed by atoms with E-state index >= 15 is 0 Å². The highest BCUT2D eigenvalue weighted by atomic mass is 32.2. The summed E-state index contributed by atoms with van der Waals surface area (Å²) < 4.78 is 33.6. The summed E-state index contributed by atoms with van der Waals surface area (Å²) in [6, 6.07) is 12.8. The van der Waals surface area contributed by atoms with Gasteiger partial charge in [0.1, 0.15) is 6.07 Å². The van der Waals surface area contributed by atoms with Gasteiger partial charge >= 0.3 is 5.76 Å². The van der Waals surface area contributed by atoms with E-state index in [2.05, 4.69) is 4.72 Å². The minimum absolute atomic E-state index is 0.0252. The summed E-state index contributed by atoms with van der Waals surface area (Å²) in [4.78, 5) is 11.4. The summed E-state index contributed by atoms with van der Waals surface area (Å²) in [7, 11) is -2.25. The van der Waals surface area contributed by atoms with Crippen molar-refractivity contribution in [2.24, 2.45) is 7.05 Å². The van der Waals surface area contributed by atoms with E-state index < -0.39 is 15.8 Å². The molecule has 1 N–H and O–H groups in total. The van der Waals surface area contributed by atoms with E-state index in [0.717, 1.165) is 0 Å². The number of oxazole rings is 1. The van der Waals surface area contributed by atoms with Crippen LogP contribution in [0.15, 0.2) is 56.6 Å². The van der Waals surface area contributed by atoms with Crippen LogP contribution < -0.4 is 10.5 Å². The quantitative estimate of drug-likeness (QED) is 0.772. The second-order valence-electron chi connectivity index (χ2n) is 5.16. The third-order valence-corrected chi connectivity index (χ3v) is 5.08. The van der Waals surface area contributed by atoms with E-state index in [9.17, 15) is 13.2 Å². The highest BCUT2D eigenvalue weighted by Crippen LogP contribution is 2.17. The van der Waals surface area contributed by atoms with Crippen molar-refractivity contribution < 1.29 is 12.8 Å². The summed E-state index contributed by atoms with van der Waals surface area (Å²) in [5.74, 6) is -0.481. The lowest BCUT2D eigenvalue weighted by Crippen LogP contribution is -2.24. The molecule has 3 rings (SSSR count). The Morgan fingerprint density at radius 2 is 2.00 bits per heavy atom. The van der Waals surface area contributed by atoms with Crippen molar-refractivity contribution in [2.45, 2.75) is 11.4 Å². The summed E-state index contributed by atoms with van der Waals surface area (Å²) in [6.45, 7) is 0.0252. The van der Waals surface area contributed by atoms with Crippen LogP contribution in [0.2, 0.25) is 0 Å². The molecule has 24 heavy (non-hydrogen) atoms. The van der Waals surface area contributed by atoms with Gasteiger partial charge in [0.15, 0.2) is 5.58 Å². The maximum absolute atomic E-state index is 12.4. The zero-order valence-electron chi connectivity index (χ0n) is 12.7. The van der Waals surface area contributed by atoms with Gasteiger partial charge in [0.05, 0.1) is 16.0 Å². The molecule has 0 aliphatic carbocycles. The van der Waals surface area contributed by atoms with E-state index in [0.29, 0.717) is 16.7 Å². The average Bonchev–Trinajstić information content (AvgIpc) is 2.87. The third kappa shape index (κ3) is 2.82. The molecule has 2 aromatic carbocycles. The molecule has 0 aliphatic rings. The minimum Gasteiger partial charge on any atom is -0.408 e. The number of nitriles is 1. The number of nitrogens with one attached hydrogen (secondary N) is 1. The van der Waals surface area contributed by atoms with Crippen molar-refractivity contribution in [3.8, 4) is 6.07 Å². The fourth-order valence-electron chi connectivity index (χ4n) is 2.33. The lowest BCUT2D eigenvalue weighted by Gasteiger charge is -2.08. The number of fused-ring (bicyclic) bond motifs is 1. The number of rotatable bonds is 4. The predicted molar refractivity (Wildman–Crippen MR) is 86.6 cm³/mol. The fraction of sp³-hybridized carbons (Fsp3) is 0.125. The summed E-state index contributed by atoms with van der Waals surface area (Å²) in [5, 5.41) is 9.03. The molecule has 0 unspecified atom stereocenters. The van der Waals surface area contributed by atoms with Gasteiger partial charge in [-0.2, -0.15) is 5.26 Å². The number of sulfonamides is 1. The van der Waals surface area contributed by atoms with Crippen molar-refractivity contribution in [2.75, 3.05) is 0 Å². The molecule has 0 spiro atoms. The Hall–Kier alpha value is -2.89. The van der Waals surface area contributed by atoms with Crippen LogP contribution in [0.1, 0.15) is 11.1 Å². The molecule has 3 aromatic rings. The van der Waals surface area contributed by atoms with Gasteiger partial charge in [-0.05, 0) is 29.8 Å². The Morgan fingerprint density at radius 1 is 1.25 bits per heavy atom. The molecule has 0 amide bonds. The molecule has 0 fully saturated rings. The predicted octanol–water partition coefficient (Wildman–Crippen LogP) is 1.48. The van der Waals surface area contributed by atoms with Crippen LogP contribution >= 0.6 is 0 Å². The molecule has 7 nitrogen and oxygen atoms in total. The molecule has 8 heteroatoms. The highest BCUT2D eigenvalue weighted by Gasteiger charge is 2.18. The third-order valence-electron chi connectivity index (χ3n) is 3.62. The van der Waals surface area contributed by atoms with Gasteiger partial charge in [0.2, 0.25) is 10.0 Å². The highest BCUT2D eigenvalue weighted by molar-refractivity contribution is 7.89. The van der Waals surface area contributed by atoms with E-state index in [1.807, 2.05) is 6.07 Å². The first kappa shape index (κ1) is 16.0. The van der Waals surface area contributed by atoms with Crippen molar-refractivity contribution in [1.29, 1.82) is 5.26 Å². The first-order valence-electron chi connectivity index (χ1n) is 6.99. The molecule has 1 heterocycles. The van der Waals surface area contributed by atoms with Gasteiger partial charge in [0.25, 0.3) is 0 Å². The normalized spacial score (nSPS) is 11.5. The summed E-state index contributed by atoms with van der Waals surface area (Å²) >= 11 is 0. The van der Waals surface area contributed by atoms with Crippen LogP contribution in [0, 0.1) is 11.3 Å². The van der Waals surface area contributed by atoms with Crippen molar-refractivity contribution in [1.82, 2.24) is 9.29 Å². The molecule has 0 bridgehead atoms. The Morgan fingerprint density at radius 3 is 2.75 bits per heavy atom. The summed E-state index contributed by atoms with van der Waals surface area (Å²) in [5.41, 5.74) is 1.76. The van der Waals surface area contributed by atoms with Crippen molar-refractivity contribution in [3.05, 3.63) is 64.1 Å². The first-order valence-corrected chi connectivity index (χ1v) is 8.48. The topological polar surface area (TPSA) is 105 Å². The van der Waals surface area contributed by atoms with Gasteiger partial charge in [0, 0.05) is 13.6 Å². The van der Waals surface area contributed by atoms with Crippen LogP contribution in [-0.4, -0.2) is 13.0 Å². The molecule has 0 saturated heterocycles. The SMILES string of the molecule is Cn1c(=O)oc2ccc(CNS(=O)(=O)c3ccccc3C#N)cc21. The second-order valence-corrected chi connectivity index (χ2v) is 6.90. The second kappa shape index (κ2) is 5.96. The number of hydrogen-bond acceptors (Lipinski definition) is 5. The number of hydrogen-bond donors (Lipinski definition) is 1. The zero-order valence-corrected chi connectivity index (χ0v) is 13.5. The van der Waals surface area contributed by atoms with Gasteiger partial charge in [-0.25, -0.2) is 17.9 Å². The Balaban J connectivity index is 1.89. The molecular weight excluding hydrogens is 330 g/mol. The standard InChI is InChI=1S/C16H13N3O4S/c1-19-13-8-11(6-7-14(13)23-16(19)20)10-18-24(21,22)15-5-3-2-4-12(15)9-17/h2-8,18H,10H2,1H3. The summed E-state index contributed by atoms with van der Waals surface area (Å²) in [6.07, 6.45) is 0. The van der Waals surface area contributed by atoms with E-state index in [4.69, 9.17) is 9.68 Å². The number of nitrogens with zero attached hydrogens (tertiary/aromatic N) is 2. The lowest BCUT2D eigenvalue weighted by molar-refractivity contribution is 0.528. The van der Waals surface area contributed by atoms with Gasteiger partial charge in [-0.15, -0.1) is 0 Å². The molecule has 0 saturated carbocycles. The van der Waals surface area contributed by atoms with Crippen molar-refractivity contribution >= 4 is 21.1 Å². The van der Waals surface area contributed by atoms with E-state index in [1.165, 1.54) is 16.7 Å². The molecule has 1 aromatic heterocycles. The largest absolute Gasteiger partial charge is 0.419 e. The van der Waals surface area contributed by atoms with E-state index in [1.54, 1.807) is 37.4 Å². The van der Waals surface area contributed by atoms with Crippen LogP contribution in [-0.2, 0) is 23.6 Å². The maximum atomic E-state index is 12.4. The zero-order chi connectivity index (χ0) is 17.3. The smallest absolute Gasteiger partial charge is 0.408 e. The molecule has 0 aliphatic heterocycles. The average molecular weight is 343 g/mol. The van der Waals surface area contributed by atoms with Gasteiger partial charge < -0.3 is 4.42 Å².